The molecule has 0 saturated heterocycles. The van der Waals surface area contributed by atoms with Crippen molar-refractivity contribution in [3.63, 3.8) is 0 Å². The highest BCUT2D eigenvalue weighted by atomic mass is 19.1. The molecule has 0 atom stereocenters. The fourth-order valence-corrected chi connectivity index (χ4v) is 1.40. The maximum absolute atomic E-state index is 12.3. The zero-order valence-corrected chi connectivity index (χ0v) is 8.22. The lowest BCUT2D eigenvalue weighted by Crippen LogP contribution is -2.00. The fourth-order valence-electron chi connectivity index (χ4n) is 1.40. The SMILES string of the molecule is CCc1c(C)cc(CF)nc1OC. The second kappa shape index (κ2) is 4.21. The van der Waals surface area contributed by atoms with Crippen LogP contribution in [0.1, 0.15) is 23.7 Å². The lowest BCUT2D eigenvalue weighted by Gasteiger charge is -2.09. The standard InChI is InChI=1S/C10H14FNO/c1-4-9-7(2)5-8(6-11)12-10(9)13-3/h5H,4,6H2,1-3H3. The highest BCUT2D eigenvalue weighted by Crippen LogP contribution is 2.21. The van der Waals surface area contributed by atoms with Crippen molar-refractivity contribution in [1.29, 1.82) is 0 Å². The third kappa shape index (κ3) is 1.97. The first kappa shape index (κ1) is 9.96. The molecule has 0 aliphatic carbocycles. The Morgan fingerprint density at radius 3 is 2.69 bits per heavy atom. The Hall–Kier alpha value is -1.12. The van der Waals surface area contributed by atoms with Crippen molar-refractivity contribution in [2.75, 3.05) is 7.11 Å². The van der Waals surface area contributed by atoms with Crippen LogP contribution in [0.25, 0.3) is 0 Å². The Morgan fingerprint density at radius 2 is 2.23 bits per heavy atom. The number of aryl methyl sites for hydroxylation is 1. The van der Waals surface area contributed by atoms with E-state index in [4.69, 9.17) is 4.74 Å². The Morgan fingerprint density at radius 1 is 1.54 bits per heavy atom. The van der Waals surface area contributed by atoms with Gasteiger partial charge in [-0.05, 0) is 25.0 Å². The first-order chi connectivity index (χ1) is 6.22. The van der Waals surface area contributed by atoms with Gasteiger partial charge in [0.2, 0.25) is 5.88 Å². The number of aromatic nitrogens is 1. The molecule has 0 aliphatic heterocycles. The fraction of sp³-hybridized carbons (Fsp3) is 0.500. The molecule has 13 heavy (non-hydrogen) atoms. The molecule has 3 heteroatoms. The van der Waals surface area contributed by atoms with E-state index in [-0.39, 0.29) is 0 Å². The molecule has 0 fully saturated rings. The van der Waals surface area contributed by atoms with Gasteiger partial charge in [-0.25, -0.2) is 9.37 Å². The highest BCUT2D eigenvalue weighted by molar-refractivity contribution is 5.35. The molecule has 1 aromatic heterocycles. The summed E-state index contributed by atoms with van der Waals surface area (Å²) < 4.78 is 17.4. The van der Waals surface area contributed by atoms with Gasteiger partial charge in [0.15, 0.2) is 0 Å². The Bertz CT molecular complexity index is 299. The number of pyridine rings is 1. The molecule has 72 valence electrons. The van der Waals surface area contributed by atoms with E-state index in [2.05, 4.69) is 4.98 Å². The Labute approximate surface area is 77.8 Å². The lowest BCUT2D eigenvalue weighted by atomic mass is 10.1. The quantitative estimate of drug-likeness (QED) is 0.718. The number of alkyl halides is 1. The normalized spacial score (nSPS) is 10.2. The molecule has 0 N–H and O–H groups in total. The van der Waals surface area contributed by atoms with E-state index in [1.54, 1.807) is 13.2 Å². The molecule has 2 nitrogen and oxygen atoms in total. The van der Waals surface area contributed by atoms with Gasteiger partial charge in [-0.1, -0.05) is 6.92 Å². The van der Waals surface area contributed by atoms with Crippen LogP contribution < -0.4 is 4.74 Å². The monoisotopic (exact) mass is 183 g/mol. The van der Waals surface area contributed by atoms with Gasteiger partial charge in [0.25, 0.3) is 0 Å². The minimum absolute atomic E-state index is 0.437. The zero-order chi connectivity index (χ0) is 9.84. The van der Waals surface area contributed by atoms with Crippen molar-refractivity contribution in [1.82, 2.24) is 4.98 Å². The van der Waals surface area contributed by atoms with Gasteiger partial charge in [-0.3, -0.25) is 0 Å². The van der Waals surface area contributed by atoms with E-state index in [0.29, 0.717) is 11.6 Å². The first-order valence-electron chi connectivity index (χ1n) is 4.32. The summed E-state index contributed by atoms with van der Waals surface area (Å²) in [6.07, 6.45) is 0.856. The second-order valence-electron chi connectivity index (χ2n) is 2.91. The number of methoxy groups -OCH3 is 1. The number of hydrogen-bond acceptors (Lipinski definition) is 2. The van der Waals surface area contributed by atoms with Gasteiger partial charge in [-0.2, -0.15) is 0 Å². The van der Waals surface area contributed by atoms with Crippen LogP contribution in [0.15, 0.2) is 6.07 Å². The molecule has 0 radical (unpaired) electrons. The molecule has 0 bridgehead atoms. The first-order valence-corrected chi connectivity index (χ1v) is 4.32. The zero-order valence-electron chi connectivity index (χ0n) is 8.22. The summed E-state index contributed by atoms with van der Waals surface area (Å²) in [6.45, 7) is 3.44. The molecule has 0 amide bonds. The van der Waals surface area contributed by atoms with Crippen LogP contribution in [0.5, 0.6) is 5.88 Å². The molecular weight excluding hydrogens is 169 g/mol. The van der Waals surface area contributed by atoms with Crippen molar-refractivity contribution in [3.05, 3.63) is 22.9 Å². The summed E-state index contributed by atoms with van der Waals surface area (Å²) in [4.78, 5) is 4.04. The molecule has 0 aromatic carbocycles. The molecule has 0 saturated carbocycles. The number of nitrogens with zero attached hydrogens (tertiary/aromatic N) is 1. The molecule has 0 unspecified atom stereocenters. The van der Waals surface area contributed by atoms with Gasteiger partial charge in [0.05, 0.1) is 12.8 Å². The predicted octanol–water partition coefficient (Wildman–Crippen LogP) is 2.43. The number of halogens is 1. The van der Waals surface area contributed by atoms with Crippen LogP contribution in [0.3, 0.4) is 0 Å². The van der Waals surface area contributed by atoms with E-state index < -0.39 is 6.67 Å². The number of ether oxygens (including phenoxy) is 1. The van der Waals surface area contributed by atoms with Crippen LogP contribution in [0.4, 0.5) is 4.39 Å². The van der Waals surface area contributed by atoms with E-state index in [1.165, 1.54) is 0 Å². The predicted molar refractivity (Wildman–Crippen MR) is 49.7 cm³/mol. The molecular formula is C10H14FNO. The van der Waals surface area contributed by atoms with Crippen LogP contribution in [-0.2, 0) is 13.1 Å². The third-order valence-corrected chi connectivity index (χ3v) is 2.05. The van der Waals surface area contributed by atoms with Crippen molar-refractivity contribution in [2.24, 2.45) is 0 Å². The summed E-state index contributed by atoms with van der Waals surface area (Å²) in [6, 6.07) is 1.77. The highest BCUT2D eigenvalue weighted by Gasteiger charge is 2.08. The van der Waals surface area contributed by atoms with Crippen LogP contribution >= 0.6 is 0 Å². The summed E-state index contributed by atoms with van der Waals surface area (Å²) >= 11 is 0. The smallest absolute Gasteiger partial charge is 0.216 e. The van der Waals surface area contributed by atoms with E-state index in [1.807, 2.05) is 13.8 Å². The molecule has 1 heterocycles. The third-order valence-electron chi connectivity index (χ3n) is 2.05. The van der Waals surface area contributed by atoms with E-state index in [9.17, 15) is 4.39 Å². The summed E-state index contributed by atoms with van der Waals surface area (Å²) in [5.41, 5.74) is 2.54. The summed E-state index contributed by atoms with van der Waals surface area (Å²) in [7, 11) is 1.56. The molecule has 1 aromatic rings. The Balaban J connectivity index is 3.20. The Kier molecular flexibility index (Phi) is 3.23. The van der Waals surface area contributed by atoms with Crippen LogP contribution in [0.2, 0.25) is 0 Å². The number of hydrogen-bond donors (Lipinski definition) is 0. The van der Waals surface area contributed by atoms with Gasteiger partial charge in [0.1, 0.15) is 6.67 Å². The van der Waals surface area contributed by atoms with Gasteiger partial charge >= 0.3 is 0 Å². The van der Waals surface area contributed by atoms with Crippen molar-refractivity contribution in [2.45, 2.75) is 26.9 Å². The van der Waals surface area contributed by atoms with Gasteiger partial charge in [-0.15, -0.1) is 0 Å². The lowest BCUT2D eigenvalue weighted by molar-refractivity contribution is 0.385. The average Bonchev–Trinajstić information content (AvgIpc) is 2.16. The van der Waals surface area contributed by atoms with Crippen molar-refractivity contribution in [3.8, 4) is 5.88 Å². The van der Waals surface area contributed by atoms with E-state index >= 15 is 0 Å². The second-order valence-corrected chi connectivity index (χ2v) is 2.91. The number of rotatable bonds is 3. The minimum Gasteiger partial charge on any atom is -0.481 e. The summed E-state index contributed by atoms with van der Waals surface area (Å²) in [5, 5.41) is 0. The van der Waals surface area contributed by atoms with Gasteiger partial charge in [0, 0.05) is 5.56 Å². The average molecular weight is 183 g/mol. The maximum Gasteiger partial charge on any atom is 0.216 e. The van der Waals surface area contributed by atoms with Crippen molar-refractivity contribution < 1.29 is 9.13 Å². The van der Waals surface area contributed by atoms with E-state index in [0.717, 1.165) is 17.5 Å². The minimum atomic E-state index is -0.540. The topological polar surface area (TPSA) is 22.1 Å². The molecule has 1 rings (SSSR count). The van der Waals surface area contributed by atoms with Crippen molar-refractivity contribution >= 4 is 0 Å². The largest absolute Gasteiger partial charge is 0.481 e. The summed E-state index contributed by atoms with van der Waals surface area (Å²) in [5.74, 6) is 0.551. The van der Waals surface area contributed by atoms with Crippen LogP contribution in [-0.4, -0.2) is 12.1 Å². The van der Waals surface area contributed by atoms with Gasteiger partial charge < -0.3 is 4.74 Å². The molecule has 0 spiro atoms. The molecule has 0 aliphatic rings. The van der Waals surface area contributed by atoms with Crippen LogP contribution in [0, 0.1) is 6.92 Å². The maximum atomic E-state index is 12.3.